The molecule has 16 rings (SSSR count). The Morgan fingerprint density at radius 2 is 0.739 bits per heavy atom. The number of hydrogen-bond donors (Lipinski definition) is 8. The second-order valence-corrected chi connectivity index (χ2v) is 32.5. The van der Waals surface area contributed by atoms with Crippen LogP contribution >= 0.6 is 69.6 Å². The second kappa shape index (κ2) is 44.5. The number of anilines is 4. The highest BCUT2D eigenvalue weighted by Gasteiger charge is 2.32. The van der Waals surface area contributed by atoms with Gasteiger partial charge in [-0.2, -0.15) is 4.39 Å². The van der Waals surface area contributed by atoms with Crippen LogP contribution in [-0.4, -0.2) is 74.6 Å². The molecule has 0 aliphatic rings. The Bertz CT molecular complexity index is 7840. The minimum atomic E-state index is -4.80. The van der Waals surface area contributed by atoms with Crippen molar-refractivity contribution in [3.05, 3.63) is 451 Å². The predicted molar refractivity (Wildman–Crippen MR) is 516 cm³/mol. The van der Waals surface area contributed by atoms with Crippen molar-refractivity contribution in [1.82, 2.24) is 38.2 Å². The zero-order valence-electron chi connectivity index (χ0n) is 71.1. The maximum absolute atomic E-state index is 13.5. The fourth-order valence-electron chi connectivity index (χ4n) is 13.8. The summed E-state index contributed by atoms with van der Waals surface area (Å²) in [5.74, 6) is -2.84. The molecule has 4 amide bonds. The molecule has 0 aliphatic carbocycles. The number of halogens is 13. The van der Waals surface area contributed by atoms with Crippen molar-refractivity contribution in [2.45, 2.75) is 45.3 Å². The number of aromatic amines is 4. The zero-order chi connectivity index (χ0) is 98.8. The number of amides is 4. The first-order valence-corrected chi connectivity index (χ1v) is 43.0. The average Bonchev–Trinajstić information content (AvgIpc) is 0.550. The van der Waals surface area contributed by atoms with Gasteiger partial charge in [0.15, 0.2) is 0 Å². The molecule has 0 saturated carbocycles. The van der Waals surface area contributed by atoms with Gasteiger partial charge in [-0.25, -0.2) is 19.2 Å². The van der Waals surface area contributed by atoms with Crippen molar-refractivity contribution in [3.8, 4) is 78.8 Å². The van der Waals surface area contributed by atoms with Gasteiger partial charge in [0, 0.05) is 69.1 Å². The van der Waals surface area contributed by atoms with Crippen molar-refractivity contribution in [2.75, 3.05) is 21.3 Å². The lowest BCUT2D eigenvalue weighted by atomic mass is 10.0. The van der Waals surface area contributed by atoms with Crippen LogP contribution in [0.15, 0.2) is 342 Å². The van der Waals surface area contributed by atoms with Gasteiger partial charge < -0.3 is 30.7 Å². The molecule has 8 N–H and O–H groups in total. The fraction of sp³-hybridized carbons (Fsp3) is 0.0707. The summed E-state index contributed by atoms with van der Waals surface area (Å²) in [6, 6.07) is 75.3. The molecule has 26 nitrogen and oxygen atoms in total. The van der Waals surface area contributed by atoms with Gasteiger partial charge in [-0.3, -0.25) is 76.6 Å². The van der Waals surface area contributed by atoms with E-state index in [2.05, 4.69) is 45.7 Å². The SMILES string of the molecule is Cc1cc(-n2ccc(=O)[nH]c2=O)ccc1NC(=O)Cc1cccc(-c2ccc(Cl)c(Cl)c2)c1.O=C(Cc1cccc(-c2ccc(Cl)cc2Cl)c1)Nc1ccc(-n2cc(F)c(=O)[nH]c2=O)cc1.O=C(Cc1cccc(-c2cccc(OC(F)(F)F)c2)c1)Nc1ccc(-n2cc(Cl)c(=O)[nH]c2=O)cc1.O=C(Cc1cccc(-c2cccc(OC(F)(F)F)c2)c1)Nc1ccc(-n2ccc(=O)[nH]c2=O)c(Cl)c1. The molecule has 4 aromatic heterocycles. The third-order valence-electron chi connectivity index (χ3n) is 20.0. The smallest absolute Gasteiger partial charge is 0.406 e. The van der Waals surface area contributed by atoms with Gasteiger partial charge >= 0.3 is 35.5 Å². The fourth-order valence-corrected chi connectivity index (χ4v) is 15.0. The van der Waals surface area contributed by atoms with Crippen molar-refractivity contribution in [2.24, 2.45) is 0 Å². The summed E-state index contributed by atoms with van der Waals surface area (Å²) < 4.78 is 101. The molecule has 138 heavy (non-hydrogen) atoms. The largest absolute Gasteiger partial charge is 0.573 e. The van der Waals surface area contributed by atoms with Crippen molar-refractivity contribution in [1.29, 1.82) is 0 Å². The lowest BCUT2D eigenvalue weighted by Gasteiger charge is -2.12. The number of nitrogens with one attached hydrogen (secondary N) is 8. The van der Waals surface area contributed by atoms with E-state index in [-0.39, 0.29) is 70.9 Å². The Hall–Kier alpha value is -15.9. The summed E-state index contributed by atoms with van der Waals surface area (Å²) in [7, 11) is 0. The number of alkyl halides is 6. The van der Waals surface area contributed by atoms with Crippen LogP contribution in [0.5, 0.6) is 11.5 Å². The van der Waals surface area contributed by atoms with Crippen LogP contribution in [0, 0.1) is 12.7 Å². The molecule has 0 spiro atoms. The van der Waals surface area contributed by atoms with Crippen LogP contribution in [0.4, 0.5) is 53.5 Å². The number of ether oxygens (including phenoxy) is 2. The molecular formula is C99H69Cl6F7N12O14. The normalized spacial score (nSPS) is 11.0. The predicted octanol–water partition coefficient (Wildman–Crippen LogP) is 19.7. The van der Waals surface area contributed by atoms with E-state index in [0.29, 0.717) is 99.0 Å². The summed E-state index contributed by atoms with van der Waals surface area (Å²) in [4.78, 5) is 152. The third-order valence-corrected chi connectivity index (χ3v) is 21.9. The molecule has 0 saturated heterocycles. The minimum Gasteiger partial charge on any atom is -0.406 e. The van der Waals surface area contributed by atoms with Gasteiger partial charge in [0.2, 0.25) is 29.4 Å². The Balaban J connectivity index is 0.000000155. The van der Waals surface area contributed by atoms with Crippen molar-refractivity contribution in [3.63, 3.8) is 0 Å². The van der Waals surface area contributed by atoms with Crippen LogP contribution in [-0.2, 0) is 44.9 Å². The van der Waals surface area contributed by atoms with E-state index in [0.717, 1.165) is 58.8 Å². The highest BCUT2D eigenvalue weighted by atomic mass is 35.5. The molecule has 4 heterocycles. The number of rotatable bonds is 22. The van der Waals surface area contributed by atoms with E-state index in [1.54, 1.807) is 146 Å². The topological polar surface area (TPSA) is 354 Å². The van der Waals surface area contributed by atoms with E-state index in [1.165, 1.54) is 96.0 Å². The maximum Gasteiger partial charge on any atom is 0.573 e. The van der Waals surface area contributed by atoms with E-state index in [1.807, 2.05) is 72.6 Å². The summed E-state index contributed by atoms with van der Waals surface area (Å²) in [5.41, 5.74) is 7.79. The second-order valence-electron chi connectivity index (χ2n) is 30.0. The quantitative estimate of drug-likeness (QED) is 0.0293. The Kier molecular flexibility index (Phi) is 32.1. The number of aromatic nitrogens is 8. The zero-order valence-corrected chi connectivity index (χ0v) is 75.6. The first-order chi connectivity index (χ1) is 65.7. The molecule has 0 atom stereocenters. The van der Waals surface area contributed by atoms with Crippen LogP contribution < -0.4 is 75.7 Å². The lowest BCUT2D eigenvalue weighted by Crippen LogP contribution is -2.30. The Morgan fingerprint density at radius 3 is 1.20 bits per heavy atom. The van der Waals surface area contributed by atoms with Crippen LogP contribution in [0.2, 0.25) is 30.1 Å². The molecule has 0 unspecified atom stereocenters. The molecule has 39 heteroatoms. The summed E-state index contributed by atoms with van der Waals surface area (Å²) >= 11 is 36.4. The molecule has 12 aromatic carbocycles. The summed E-state index contributed by atoms with van der Waals surface area (Å²) in [5, 5.41) is 13.2. The first-order valence-electron chi connectivity index (χ1n) is 40.7. The van der Waals surface area contributed by atoms with Crippen molar-refractivity contribution >= 4 is 116 Å². The molecule has 0 aliphatic heterocycles. The number of hydrogen-bond acceptors (Lipinski definition) is 14. The molecule has 0 bridgehead atoms. The Morgan fingerprint density at radius 1 is 0.333 bits per heavy atom. The highest BCUT2D eigenvalue weighted by molar-refractivity contribution is 6.42. The van der Waals surface area contributed by atoms with Crippen LogP contribution in [0.1, 0.15) is 27.8 Å². The number of H-pyrrole nitrogens is 4. The average molecular weight is 2000 g/mol. The van der Waals surface area contributed by atoms with Gasteiger partial charge in [-0.15, -0.1) is 26.3 Å². The molecule has 700 valence electrons. The van der Waals surface area contributed by atoms with Gasteiger partial charge in [0.25, 0.3) is 22.2 Å². The van der Waals surface area contributed by atoms with Gasteiger partial charge in [0.1, 0.15) is 16.5 Å². The molecule has 0 fully saturated rings. The standard InChI is InChI=1S/C25H19Cl2N3O3.2C25H17ClF3N3O4.C24H16Cl2FN3O3/c1-15-11-19(30-10-9-23(31)29-25(30)33)6-8-22(15)28-24(32)13-16-3-2-4-17(12-16)18-5-7-20(26)21(27)14-18;26-21-14-32(24(35)31-23(21)34)19-9-7-18(8-10-19)30-22(33)12-15-3-1-4-16(11-15)17-5-2-6-20(13-17)36-25(27,28)29;26-20-14-18(7-8-21(20)32-10-9-22(33)31-24(32)35)30-23(34)12-15-3-1-4-16(11-15)17-5-2-6-19(13-17)36-25(27,28)29;25-16-4-9-19(20(26)12-16)15-3-1-2-14(10-15)11-22(31)28-17-5-7-18(8-6-17)30-13-21(27)23(32)29-24(30)33/h2-12,14H,13H2,1H3,(H,28,32)(H,29,31,33);1-11,13-14H,12H2,(H,30,33)(H,31,34,35);1-11,13-14H,12H2,(H,30,34)(H,31,33,35);1-10,12-13H,11H2,(H,28,31)(H,29,32,33). The number of carbonyl (C=O) groups is 4. The molecular weight excluding hydrogens is 1930 g/mol. The highest BCUT2D eigenvalue weighted by Crippen LogP contribution is 2.36. The minimum absolute atomic E-state index is 0.00860. The van der Waals surface area contributed by atoms with Crippen LogP contribution in [0.3, 0.4) is 0 Å². The summed E-state index contributed by atoms with van der Waals surface area (Å²) in [6.45, 7) is 1.83. The Labute approximate surface area is 804 Å². The molecule has 0 radical (unpaired) electrons. The lowest BCUT2D eigenvalue weighted by molar-refractivity contribution is -0.275. The monoisotopic (exact) mass is 1990 g/mol. The van der Waals surface area contributed by atoms with Gasteiger partial charge in [-0.05, 0) is 207 Å². The number of aryl methyl sites for hydroxylation is 1. The number of carbonyl (C=O) groups excluding carboxylic acids is 4. The van der Waals surface area contributed by atoms with E-state index < -0.39 is 63.5 Å². The van der Waals surface area contributed by atoms with E-state index >= 15 is 0 Å². The van der Waals surface area contributed by atoms with Gasteiger partial charge in [-0.1, -0.05) is 203 Å². The third kappa shape index (κ3) is 27.7. The van der Waals surface area contributed by atoms with E-state index in [4.69, 9.17) is 69.6 Å². The van der Waals surface area contributed by atoms with E-state index in [9.17, 15) is 88.3 Å². The molecule has 16 aromatic rings. The number of nitrogens with zero attached hydrogens (tertiary/aromatic N) is 4. The number of benzene rings is 12. The van der Waals surface area contributed by atoms with Gasteiger partial charge in [0.05, 0.1) is 69.7 Å². The maximum atomic E-state index is 13.5. The summed E-state index contributed by atoms with van der Waals surface area (Å²) in [6.07, 6.45) is -4.54. The van der Waals surface area contributed by atoms with Crippen molar-refractivity contribution < 1.29 is 59.4 Å². The first kappa shape index (κ1) is 99.6. The van der Waals surface area contributed by atoms with Crippen LogP contribution in [0.25, 0.3) is 67.3 Å².